The molecule has 0 saturated carbocycles. The second-order valence-electron chi connectivity index (χ2n) is 7.26. The van der Waals surface area contributed by atoms with Gasteiger partial charge in [0.05, 0.1) is 21.3 Å². The third-order valence-electron chi connectivity index (χ3n) is 5.06. The number of ketones is 1. The molecular weight excluding hydrogens is 428 g/mol. The molecule has 3 aromatic carbocycles. The van der Waals surface area contributed by atoms with Gasteiger partial charge in [-0.3, -0.25) is 4.79 Å². The highest BCUT2D eigenvalue weighted by Gasteiger charge is 2.10. The van der Waals surface area contributed by atoms with Crippen LogP contribution in [0.2, 0.25) is 0 Å². The van der Waals surface area contributed by atoms with Crippen LogP contribution in [-0.2, 0) is 0 Å². The fourth-order valence-corrected chi connectivity index (χ4v) is 3.27. The van der Waals surface area contributed by atoms with Crippen LogP contribution in [-0.4, -0.2) is 33.7 Å². The zero-order chi connectivity index (χ0) is 24.3. The van der Waals surface area contributed by atoms with Crippen molar-refractivity contribution in [3.63, 3.8) is 0 Å². The van der Waals surface area contributed by atoms with E-state index in [0.29, 0.717) is 29.4 Å². The Morgan fingerprint density at radius 2 is 1.59 bits per heavy atom. The van der Waals surface area contributed by atoms with E-state index in [1.807, 2.05) is 42.5 Å². The molecule has 0 aliphatic carbocycles. The lowest BCUT2D eigenvalue weighted by atomic mass is 10.0. The molecular formula is C29H28O5. The van der Waals surface area contributed by atoms with Crippen molar-refractivity contribution in [3.05, 3.63) is 102 Å². The number of ether oxygens (including phenoxy) is 4. The van der Waals surface area contributed by atoms with Crippen molar-refractivity contribution < 1.29 is 23.7 Å². The van der Waals surface area contributed by atoms with Gasteiger partial charge in [-0.15, -0.1) is 0 Å². The van der Waals surface area contributed by atoms with Gasteiger partial charge in [-0.1, -0.05) is 49.1 Å². The van der Waals surface area contributed by atoms with Crippen LogP contribution in [0.4, 0.5) is 0 Å². The van der Waals surface area contributed by atoms with E-state index in [0.717, 1.165) is 22.4 Å². The summed E-state index contributed by atoms with van der Waals surface area (Å²) in [5.41, 5.74) is 3.15. The molecule has 5 nitrogen and oxygen atoms in total. The van der Waals surface area contributed by atoms with Gasteiger partial charge in [-0.25, -0.2) is 0 Å². The maximum absolute atomic E-state index is 12.8. The van der Waals surface area contributed by atoms with E-state index in [9.17, 15) is 4.79 Å². The lowest BCUT2D eigenvalue weighted by molar-refractivity contribution is 0.104. The van der Waals surface area contributed by atoms with E-state index in [-0.39, 0.29) is 5.78 Å². The SMILES string of the molecule is C=CCOc1ccc(/C=C/c2cc(OC)cc(OC)c2/C=C/C(=O)c2cccc(OC)c2)cc1. The number of carbonyl (C=O) groups excluding carboxylic acids is 1. The molecule has 3 rings (SSSR count). The molecule has 0 aliphatic heterocycles. The lowest BCUT2D eigenvalue weighted by Crippen LogP contribution is -1.97. The molecule has 0 heterocycles. The van der Waals surface area contributed by atoms with Crippen LogP contribution in [0.3, 0.4) is 0 Å². The summed E-state index contributed by atoms with van der Waals surface area (Å²) in [5.74, 6) is 2.52. The van der Waals surface area contributed by atoms with Crippen molar-refractivity contribution in [1.82, 2.24) is 0 Å². The topological polar surface area (TPSA) is 54.0 Å². The van der Waals surface area contributed by atoms with Gasteiger partial charge in [0.25, 0.3) is 0 Å². The maximum atomic E-state index is 12.8. The van der Waals surface area contributed by atoms with E-state index in [1.54, 1.807) is 63.8 Å². The zero-order valence-corrected chi connectivity index (χ0v) is 19.6. The molecule has 5 heteroatoms. The Kier molecular flexibility index (Phi) is 8.69. The first kappa shape index (κ1) is 24.4. The number of carbonyl (C=O) groups is 1. The van der Waals surface area contributed by atoms with Gasteiger partial charge in [0.2, 0.25) is 0 Å². The minimum Gasteiger partial charge on any atom is -0.497 e. The smallest absolute Gasteiger partial charge is 0.185 e. The van der Waals surface area contributed by atoms with E-state index >= 15 is 0 Å². The van der Waals surface area contributed by atoms with Crippen molar-refractivity contribution in [2.24, 2.45) is 0 Å². The molecule has 0 amide bonds. The first-order chi connectivity index (χ1) is 16.6. The van der Waals surface area contributed by atoms with Gasteiger partial charge in [0, 0.05) is 17.2 Å². The number of benzene rings is 3. The normalized spacial score (nSPS) is 10.9. The summed E-state index contributed by atoms with van der Waals surface area (Å²) >= 11 is 0. The minimum atomic E-state index is -0.137. The monoisotopic (exact) mass is 456 g/mol. The highest BCUT2D eigenvalue weighted by Crippen LogP contribution is 2.31. The van der Waals surface area contributed by atoms with Crippen LogP contribution in [0.1, 0.15) is 27.0 Å². The quantitative estimate of drug-likeness (QED) is 0.146. The summed E-state index contributed by atoms with van der Waals surface area (Å²) in [7, 11) is 4.76. The van der Waals surface area contributed by atoms with E-state index in [4.69, 9.17) is 18.9 Å². The Hall–Kier alpha value is -4.25. The second-order valence-corrected chi connectivity index (χ2v) is 7.26. The Labute approximate surface area is 200 Å². The highest BCUT2D eigenvalue weighted by atomic mass is 16.5. The first-order valence-corrected chi connectivity index (χ1v) is 10.7. The largest absolute Gasteiger partial charge is 0.497 e. The Balaban J connectivity index is 1.92. The van der Waals surface area contributed by atoms with Gasteiger partial charge >= 0.3 is 0 Å². The van der Waals surface area contributed by atoms with Crippen molar-refractivity contribution in [1.29, 1.82) is 0 Å². The Morgan fingerprint density at radius 1 is 0.824 bits per heavy atom. The summed E-state index contributed by atoms with van der Waals surface area (Å²) in [4.78, 5) is 12.8. The van der Waals surface area contributed by atoms with Crippen LogP contribution in [0, 0.1) is 0 Å². The molecule has 0 radical (unpaired) electrons. The predicted molar refractivity (Wildman–Crippen MR) is 137 cm³/mol. The van der Waals surface area contributed by atoms with E-state index in [1.165, 1.54) is 6.08 Å². The summed E-state index contributed by atoms with van der Waals surface area (Å²) in [6.07, 6.45) is 8.93. The van der Waals surface area contributed by atoms with Crippen molar-refractivity contribution in [3.8, 4) is 23.0 Å². The first-order valence-electron chi connectivity index (χ1n) is 10.7. The predicted octanol–water partition coefficient (Wildman–Crippen LogP) is 6.34. The molecule has 0 aromatic heterocycles. The number of hydrogen-bond acceptors (Lipinski definition) is 5. The fraction of sp³-hybridized carbons (Fsp3) is 0.138. The molecule has 174 valence electrons. The van der Waals surface area contributed by atoms with Gasteiger partial charge < -0.3 is 18.9 Å². The summed E-state index contributed by atoms with van der Waals surface area (Å²) in [6.45, 7) is 4.12. The van der Waals surface area contributed by atoms with E-state index < -0.39 is 0 Å². The van der Waals surface area contributed by atoms with Crippen molar-refractivity contribution in [2.75, 3.05) is 27.9 Å². The van der Waals surface area contributed by atoms with Gasteiger partial charge in [0.15, 0.2) is 5.78 Å². The molecule has 0 bridgehead atoms. The molecule has 0 unspecified atom stereocenters. The molecule has 0 fully saturated rings. The van der Waals surface area contributed by atoms with Crippen LogP contribution < -0.4 is 18.9 Å². The third kappa shape index (κ3) is 6.39. The minimum absolute atomic E-state index is 0.137. The fourth-order valence-electron chi connectivity index (χ4n) is 3.27. The van der Waals surface area contributed by atoms with Gasteiger partial charge in [-0.05, 0) is 53.6 Å². The number of allylic oxidation sites excluding steroid dienone is 1. The van der Waals surface area contributed by atoms with E-state index in [2.05, 4.69) is 6.58 Å². The molecule has 0 N–H and O–H groups in total. The second kappa shape index (κ2) is 12.1. The zero-order valence-electron chi connectivity index (χ0n) is 19.6. The molecule has 0 atom stereocenters. The maximum Gasteiger partial charge on any atom is 0.185 e. The Bertz CT molecular complexity index is 1190. The third-order valence-corrected chi connectivity index (χ3v) is 5.06. The average molecular weight is 457 g/mol. The van der Waals surface area contributed by atoms with Crippen molar-refractivity contribution >= 4 is 24.0 Å². The molecule has 34 heavy (non-hydrogen) atoms. The average Bonchev–Trinajstić information content (AvgIpc) is 2.89. The highest BCUT2D eigenvalue weighted by molar-refractivity contribution is 6.07. The standard InChI is InChI=1S/C29H28O5/c1-5-17-34-24-13-10-21(11-14-24)9-12-22-18-26(32-3)20-29(33-4)27(22)15-16-28(30)23-7-6-8-25(19-23)31-2/h5-16,18-20H,1,17H2,2-4H3/b12-9+,16-15+. The molecule has 0 aliphatic rings. The molecule has 0 saturated heterocycles. The van der Waals surface area contributed by atoms with Gasteiger partial charge in [-0.2, -0.15) is 0 Å². The number of methoxy groups -OCH3 is 3. The van der Waals surface area contributed by atoms with Crippen LogP contribution in [0.5, 0.6) is 23.0 Å². The number of hydrogen-bond donors (Lipinski definition) is 0. The number of rotatable bonds is 11. The molecule has 0 spiro atoms. The Morgan fingerprint density at radius 3 is 2.26 bits per heavy atom. The van der Waals surface area contributed by atoms with Crippen LogP contribution >= 0.6 is 0 Å². The molecule has 3 aromatic rings. The summed E-state index contributed by atoms with van der Waals surface area (Å²) in [6, 6.07) is 18.5. The summed E-state index contributed by atoms with van der Waals surface area (Å²) in [5, 5.41) is 0. The van der Waals surface area contributed by atoms with Crippen LogP contribution in [0.15, 0.2) is 79.4 Å². The van der Waals surface area contributed by atoms with Crippen molar-refractivity contribution in [2.45, 2.75) is 0 Å². The summed E-state index contributed by atoms with van der Waals surface area (Å²) < 4.78 is 21.8. The van der Waals surface area contributed by atoms with Gasteiger partial charge in [0.1, 0.15) is 29.6 Å². The van der Waals surface area contributed by atoms with Crippen LogP contribution in [0.25, 0.3) is 18.2 Å². The lowest BCUT2D eigenvalue weighted by Gasteiger charge is -2.12.